The van der Waals surface area contributed by atoms with Gasteiger partial charge in [0.2, 0.25) is 5.91 Å². The third-order valence-corrected chi connectivity index (χ3v) is 3.61. The van der Waals surface area contributed by atoms with Crippen LogP contribution >= 0.6 is 15.9 Å². The number of nitrogens with zero attached hydrogens (tertiary/aromatic N) is 1. The standard InChI is InChI=1S/C13H14BrN3O2/c1-8(9-4-2-3-5-10(9)14)15-13(19)11-6-7-12(18)17-16-11/h2-5,8H,6-7H2,1H3,(H,15,19)(H,17,18). The van der Waals surface area contributed by atoms with E-state index < -0.39 is 0 Å². The SMILES string of the molecule is CC(NC(=O)C1=NNC(=O)CC1)c1ccccc1Br. The van der Waals surface area contributed by atoms with Crippen molar-refractivity contribution in [2.75, 3.05) is 0 Å². The van der Waals surface area contributed by atoms with Crippen molar-refractivity contribution < 1.29 is 9.59 Å². The van der Waals surface area contributed by atoms with Gasteiger partial charge >= 0.3 is 0 Å². The Bertz CT molecular complexity index is 542. The molecule has 6 heteroatoms. The first kappa shape index (κ1) is 13.7. The number of rotatable bonds is 3. The van der Waals surface area contributed by atoms with Crippen LogP contribution in [0.25, 0.3) is 0 Å². The molecule has 1 aliphatic heterocycles. The molecule has 1 unspecified atom stereocenters. The van der Waals surface area contributed by atoms with Gasteiger partial charge in [0.05, 0.1) is 6.04 Å². The maximum atomic E-state index is 12.0. The van der Waals surface area contributed by atoms with E-state index in [1.54, 1.807) is 0 Å². The lowest BCUT2D eigenvalue weighted by atomic mass is 10.1. The van der Waals surface area contributed by atoms with Crippen LogP contribution in [0, 0.1) is 0 Å². The van der Waals surface area contributed by atoms with Crippen LogP contribution in [0.3, 0.4) is 0 Å². The highest BCUT2D eigenvalue weighted by Gasteiger charge is 2.20. The Morgan fingerprint density at radius 1 is 1.42 bits per heavy atom. The molecule has 0 aromatic heterocycles. The second kappa shape index (κ2) is 5.97. The van der Waals surface area contributed by atoms with Gasteiger partial charge in [-0.3, -0.25) is 9.59 Å². The fourth-order valence-corrected chi connectivity index (χ4v) is 2.45. The fraction of sp³-hybridized carbons (Fsp3) is 0.308. The van der Waals surface area contributed by atoms with E-state index in [9.17, 15) is 9.59 Å². The van der Waals surface area contributed by atoms with Crippen molar-refractivity contribution in [2.45, 2.75) is 25.8 Å². The molecule has 1 heterocycles. The zero-order valence-electron chi connectivity index (χ0n) is 10.4. The molecule has 1 aromatic carbocycles. The quantitative estimate of drug-likeness (QED) is 0.891. The van der Waals surface area contributed by atoms with Crippen LogP contribution in [0.1, 0.15) is 31.4 Å². The van der Waals surface area contributed by atoms with Crippen molar-refractivity contribution >= 4 is 33.5 Å². The number of amides is 2. The zero-order valence-corrected chi connectivity index (χ0v) is 12.0. The van der Waals surface area contributed by atoms with E-state index >= 15 is 0 Å². The molecule has 0 saturated carbocycles. The predicted molar refractivity (Wildman–Crippen MR) is 75.5 cm³/mol. The van der Waals surface area contributed by atoms with Gasteiger partial charge in [-0.25, -0.2) is 5.43 Å². The van der Waals surface area contributed by atoms with Crippen LogP contribution in [-0.2, 0) is 9.59 Å². The molecule has 100 valence electrons. The third-order valence-electron chi connectivity index (χ3n) is 2.89. The van der Waals surface area contributed by atoms with Crippen molar-refractivity contribution in [3.63, 3.8) is 0 Å². The molecule has 0 aliphatic carbocycles. The van der Waals surface area contributed by atoms with E-state index in [1.165, 1.54) is 0 Å². The average molecular weight is 324 g/mol. The van der Waals surface area contributed by atoms with Gasteiger partial charge in [0, 0.05) is 17.3 Å². The van der Waals surface area contributed by atoms with Gasteiger partial charge in [-0.1, -0.05) is 34.1 Å². The summed E-state index contributed by atoms with van der Waals surface area (Å²) in [6, 6.07) is 7.57. The average Bonchev–Trinajstić information content (AvgIpc) is 2.39. The van der Waals surface area contributed by atoms with E-state index in [-0.39, 0.29) is 17.9 Å². The number of hydrogen-bond acceptors (Lipinski definition) is 3. The van der Waals surface area contributed by atoms with E-state index in [2.05, 4.69) is 31.8 Å². The Labute approximate surface area is 119 Å². The smallest absolute Gasteiger partial charge is 0.267 e. The van der Waals surface area contributed by atoms with Crippen LogP contribution in [0.15, 0.2) is 33.8 Å². The van der Waals surface area contributed by atoms with Crippen LogP contribution in [0.4, 0.5) is 0 Å². The van der Waals surface area contributed by atoms with Crippen molar-refractivity contribution in [3.05, 3.63) is 34.3 Å². The summed E-state index contributed by atoms with van der Waals surface area (Å²) in [4.78, 5) is 23.0. The maximum absolute atomic E-state index is 12.0. The molecule has 0 bridgehead atoms. The summed E-state index contributed by atoms with van der Waals surface area (Å²) in [6.45, 7) is 1.90. The lowest BCUT2D eigenvalue weighted by Gasteiger charge is -2.17. The first-order chi connectivity index (χ1) is 9.08. The lowest BCUT2D eigenvalue weighted by Crippen LogP contribution is -2.38. The monoisotopic (exact) mass is 323 g/mol. The molecule has 1 aliphatic rings. The summed E-state index contributed by atoms with van der Waals surface area (Å²) < 4.78 is 0.946. The molecule has 1 aromatic rings. The highest BCUT2D eigenvalue weighted by molar-refractivity contribution is 9.10. The molecule has 2 rings (SSSR count). The molecule has 2 N–H and O–H groups in total. The van der Waals surface area contributed by atoms with Gasteiger partial charge in [-0.2, -0.15) is 5.10 Å². The minimum Gasteiger partial charge on any atom is -0.344 e. The van der Waals surface area contributed by atoms with Crippen molar-refractivity contribution in [3.8, 4) is 0 Å². The number of nitrogens with one attached hydrogen (secondary N) is 2. The number of carbonyl (C=O) groups is 2. The molecule has 0 saturated heterocycles. The third kappa shape index (κ3) is 3.41. The molecule has 19 heavy (non-hydrogen) atoms. The van der Waals surface area contributed by atoms with E-state index in [0.29, 0.717) is 18.6 Å². The summed E-state index contributed by atoms with van der Waals surface area (Å²) in [5.41, 5.74) is 3.67. The normalized spacial score (nSPS) is 16.3. The number of carbonyl (C=O) groups excluding carboxylic acids is 2. The van der Waals surface area contributed by atoms with Gasteiger partial charge in [0.1, 0.15) is 5.71 Å². The Kier molecular flexibility index (Phi) is 4.31. The molecule has 0 spiro atoms. The fourth-order valence-electron chi connectivity index (χ4n) is 1.82. The summed E-state index contributed by atoms with van der Waals surface area (Å²) in [7, 11) is 0. The summed E-state index contributed by atoms with van der Waals surface area (Å²) in [5, 5.41) is 6.64. The van der Waals surface area contributed by atoms with Crippen LogP contribution in [0.2, 0.25) is 0 Å². The Hall–Kier alpha value is -1.69. The number of hydrogen-bond donors (Lipinski definition) is 2. The van der Waals surface area contributed by atoms with Gasteiger partial charge in [0.15, 0.2) is 0 Å². The number of hydrazone groups is 1. The minimum absolute atomic E-state index is 0.136. The van der Waals surface area contributed by atoms with E-state index in [4.69, 9.17) is 0 Å². The van der Waals surface area contributed by atoms with Gasteiger partial charge in [-0.15, -0.1) is 0 Å². The largest absolute Gasteiger partial charge is 0.344 e. The number of halogens is 1. The van der Waals surface area contributed by atoms with Crippen molar-refractivity contribution in [1.29, 1.82) is 0 Å². The first-order valence-corrected chi connectivity index (χ1v) is 6.78. The summed E-state index contributed by atoms with van der Waals surface area (Å²) in [5.74, 6) is -0.404. The maximum Gasteiger partial charge on any atom is 0.267 e. The van der Waals surface area contributed by atoms with Gasteiger partial charge in [0.25, 0.3) is 5.91 Å². The van der Waals surface area contributed by atoms with Crippen molar-refractivity contribution in [2.24, 2.45) is 5.10 Å². The first-order valence-electron chi connectivity index (χ1n) is 5.98. The van der Waals surface area contributed by atoms with E-state index in [0.717, 1.165) is 10.0 Å². The summed E-state index contributed by atoms with van der Waals surface area (Å²) >= 11 is 3.45. The molecule has 2 amide bonds. The molecular formula is C13H14BrN3O2. The second-order valence-electron chi connectivity index (χ2n) is 4.31. The minimum atomic E-state index is -0.247. The molecule has 1 atom stereocenters. The molecule has 5 nitrogen and oxygen atoms in total. The van der Waals surface area contributed by atoms with Gasteiger partial charge < -0.3 is 5.32 Å². The summed E-state index contributed by atoms with van der Waals surface area (Å²) in [6.07, 6.45) is 0.677. The molecule has 0 fully saturated rings. The Morgan fingerprint density at radius 3 is 2.79 bits per heavy atom. The topological polar surface area (TPSA) is 70.6 Å². The van der Waals surface area contributed by atoms with Crippen LogP contribution in [-0.4, -0.2) is 17.5 Å². The van der Waals surface area contributed by atoms with Crippen LogP contribution < -0.4 is 10.7 Å². The second-order valence-corrected chi connectivity index (χ2v) is 5.16. The zero-order chi connectivity index (χ0) is 13.8. The van der Waals surface area contributed by atoms with E-state index in [1.807, 2.05) is 31.2 Å². The molecule has 0 radical (unpaired) electrons. The van der Waals surface area contributed by atoms with Crippen molar-refractivity contribution in [1.82, 2.24) is 10.7 Å². The Morgan fingerprint density at radius 2 is 2.16 bits per heavy atom. The highest BCUT2D eigenvalue weighted by atomic mass is 79.9. The van der Waals surface area contributed by atoms with Crippen LogP contribution in [0.5, 0.6) is 0 Å². The lowest BCUT2D eigenvalue weighted by molar-refractivity contribution is -0.121. The predicted octanol–water partition coefficient (Wildman–Crippen LogP) is 1.89. The highest BCUT2D eigenvalue weighted by Crippen LogP contribution is 2.22. The molecular weight excluding hydrogens is 310 g/mol. The van der Waals surface area contributed by atoms with Gasteiger partial charge in [-0.05, 0) is 18.6 Å². The Balaban J connectivity index is 2.03. The number of benzene rings is 1.